The van der Waals surface area contributed by atoms with Crippen molar-refractivity contribution >= 4 is 33.4 Å². The van der Waals surface area contributed by atoms with Crippen molar-refractivity contribution in [3.63, 3.8) is 0 Å². The van der Waals surface area contributed by atoms with Crippen LogP contribution in [0.1, 0.15) is 29.7 Å². The lowest BCUT2D eigenvalue weighted by Crippen LogP contribution is -2.42. The van der Waals surface area contributed by atoms with Crippen LogP contribution in [0.4, 0.5) is 5.69 Å². The van der Waals surface area contributed by atoms with E-state index >= 15 is 0 Å². The molecular weight excluding hydrogens is 528 g/mol. The lowest BCUT2D eigenvalue weighted by Gasteiger charge is -2.27. The SMILES string of the molecule is CCOc1ccc(N(CC(=O)N[C@H](c2ccccc2)c2ccccc2C)S(=O)(=O)c2ccc(SC)cc2)cc1. The summed E-state index contributed by atoms with van der Waals surface area (Å²) in [5, 5.41) is 3.09. The summed E-state index contributed by atoms with van der Waals surface area (Å²) < 4.78 is 34.4. The van der Waals surface area contributed by atoms with Crippen LogP contribution in [0.15, 0.2) is 113 Å². The summed E-state index contributed by atoms with van der Waals surface area (Å²) in [5.74, 6) is 0.196. The van der Waals surface area contributed by atoms with Gasteiger partial charge in [-0.05, 0) is 85.3 Å². The first kappa shape index (κ1) is 28.3. The fourth-order valence-corrected chi connectivity index (χ4v) is 6.13. The van der Waals surface area contributed by atoms with E-state index in [1.165, 1.54) is 11.8 Å². The van der Waals surface area contributed by atoms with Gasteiger partial charge in [-0.1, -0.05) is 54.6 Å². The number of anilines is 1. The van der Waals surface area contributed by atoms with Gasteiger partial charge in [0.05, 0.1) is 23.2 Å². The van der Waals surface area contributed by atoms with Gasteiger partial charge in [0.2, 0.25) is 5.91 Å². The molecule has 0 fully saturated rings. The highest BCUT2D eigenvalue weighted by Gasteiger charge is 2.29. The van der Waals surface area contributed by atoms with Crippen LogP contribution in [0.2, 0.25) is 0 Å². The molecule has 0 aliphatic heterocycles. The van der Waals surface area contributed by atoms with Crippen LogP contribution in [0.3, 0.4) is 0 Å². The lowest BCUT2D eigenvalue weighted by molar-refractivity contribution is -0.120. The Hall–Kier alpha value is -3.75. The van der Waals surface area contributed by atoms with Crippen molar-refractivity contribution in [1.29, 1.82) is 0 Å². The predicted octanol–water partition coefficient (Wildman–Crippen LogP) is 6.22. The van der Waals surface area contributed by atoms with Gasteiger partial charge in [-0.2, -0.15) is 0 Å². The van der Waals surface area contributed by atoms with E-state index in [-0.39, 0.29) is 4.90 Å². The normalized spacial score (nSPS) is 12.0. The largest absolute Gasteiger partial charge is 0.494 e. The number of carbonyl (C=O) groups excluding carboxylic acids is 1. The fourth-order valence-electron chi connectivity index (χ4n) is 4.30. The van der Waals surface area contributed by atoms with Crippen molar-refractivity contribution in [1.82, 2.24) is 5.32 Å². The van der Waals surface area contributed by atoms with Crippen molar-refractivity contribution in [2.24, 2.45) is 0 Å². The molecule has 0 unspecified atom stereocenters. The Morgan fingerprint density at radius 3 is 2.15 bits per heavy atom. The number of carbonyl (C=O) groups is 1. The molecule has 1 amide bonds. The van der Waals surface area contributed by atoms with E-state index in [0.29, 0.717) is 18.0 Å². The molecule has 0 aromatic heterocycles. The first-order valence-corrected chi connectivity index (χ1v) is 15.3. The molecular formula is C31H32N2O4S2. The number of hydrogen-bond donors (Lipinski definition) is 1. The fraction of sp³-hybridized carbons (Fsp3) is 0.194. The maximum atomic E-state index is 13.9. The summed E-state index contributed by atoms with van der Waals surface area (Å²) in [5.41, 5.74) is 3.25. The van der Waals surface area contributed by atoms with Crippen LogP contribution >= 0.6 is 11.8 Å². The molecule has 1 N–H and O–H groups in total. The topological polar surface area (TPSA) is 75.7 Å². The number of ether oxygens (including phenoxy) is 1. The van der Waals surface area contributed by atoms with Crippen LogP contribution in [-0.4, -0.2) is 33.7 Å². The Balaban J connectivity index is 1.69. The molecule has 6 nitrogen and oxygen atoms in total. The van der Waals surface area contributed by atoms with Crippen molar-refractivity contribution in [3.05, 3.63) is 120 Å². The molecule has 0 saturated carbocycles. The van der Waals surface area contributed by atoms with Gasteiger partial charge in [-0.25, -0.2) is 8.42 Å². The summed E-state index contributed by atoms with van der Waals surface area (Å²) in [6.07, 6.45) is 1.93. The molecule has 1 atom stereocenters. The molecule has 0 saturated heterocycles. The average Bonchev–Trinajstić information content (AvgIpc) is 2.96. The summed E-state index contributed by atoms with van der Waals surface area (Å²) in [6, 6.07) is 30.4. The van der Waals surface area contributed by atoms with Gasteiger partial charge in [-0.15, -0.1) is 11.8 Å². The van der Waals surface area contributed by atoms with Crippen molar-refractivity contribution in [2.45, 2.75) is 29.7 Å². The number of rotatable bonds is 11. The zero-order valence-electron chi connectivity index (χ0n) is 22.2. The highest BCUT2D eigenvalue weighted by Crippen LogP contribution is 2.28. The monoisotopic (exact) mass is 560 g/mol. The minimum Gasteiger partial charge on any atom is -0.494 e. The number of aryl methyl sites for hydroxylation is 1. The van der Waals surface area contributed by atoms with E-state index in [1.54, 1.807) is 48.5 Å². The first-order valence-electron chi connectivity index (χ1n) is 12.6. The lowest BCUT2D eigenvalue weighted by atomic mass is 9.95. The summed E-state index contributed by atoms with van der Waals surface area (Å²) >= 11 is 1.53. The van der Waals surface area contributed by atoms with E-state index in [9.17, 15) is 13.2 Å². The molecule has 0 spiro atoms. The molecule has 4 rings (SSSR count). The van der Waals surface area contributed by atoms with Crippen LogP contribution in [-0.2, 0) is 14.8 Å². The third-order valence-corrected chi connectivity index (χ3v) is 8.84. The second-order valence-electron chi connectivity index (χ2n) is 8.88. The van der Waals surface area contributed by atoms with Gasteiger partial charge in [0, 0.05) is 4.90 Å². The third-order valence-electron chi connectivity index (χ3n) is 6.31. The molecule has 0 aliphatic rings. The molecule has 0 radical (unpaired) electrons. The molecule has 4 aromatic carbocycles. The molecule has 0 heterocycles. The zero-order chi connectivity index (χ0) is 27.8. The quantitative estimate of drug-likeness (QED) is 0.221. The van der Waals surface area contributed by atoms with Crippen molar-refractivity contribution in [3.8, 4) is 5.75 Å². The number of nitrogens with one attached hydrogen (secondary N) is 1. The summed E-state index contributed by atoms with van der Waals surface area (Å²) in [6.45, 7) is 3.97. The number of thioether (sulfide) groups is 1. The number of benzene rings is 4. The molecule has 0 bridgehead atoms. The molecule has 39 heavy (non-hydrogen) atoms. The number of sulfonamides is 1. The van der Waals surface area contributed by atoms with Crippen LogP contribution in [0, 0.1) is 6.92 Å². The summed E-state index contributed by atoms with van der Waals surface area (Å²) in [4.78, 5) is 14.7. The Morgan fingerprint density at radius 2 is 1.54 bits per heavy atom. The van der Waals surface area contributed by atoms with E-state index in [0.717, 1.165) is 25.9 Å². The average molecular weight is 561 g/mol. The molecule has 0 aliphatic carbocycles. The minimum absolute atomic E-state index is 0.112. The standard InChI is InChI=1S/C31H32N2O4S2/c1-4-37-26-16-14-25(15-17-26)33(39(35,36)28-20-18-27(38-3)19-21-28)22-30(34)32-31(24-11-6-5-7-12-24)29-13-9-8-10-23(29)2/h5-21,31H,4,22H2,1-3H3,(H,32,34)/t31-/m1/s1. The Bertz CT molecular complexity index is 1490. The number of nitrogens with zero attached hydrogens (tertiary/aromatic N) is 1. The predicted molar refractivity (Wildman–Crippen MR) is 158 cm³/mol. The van der Waals surface area contributed by atoms with Crippen molar-refractivity contribution in [2.75, 3.05) is 23.7 Å². The molecule has 202 valence electrons. The number of hydrogen-bond acceptors (Lipinski definition) is 5. The first-order chi connectivity index (χ1) is 18.8. The van der Waals surface area contributed by atoms with Crippen LogP contribution < -0.4 is 14.4 Å². The van der Waals surface area contributed by atoms with Gasteiger partial charge >= 0.3 is 0 Å². The second-order valence-corrected chi connectivity index (χ2v) is 11.6. The van der Waals surface area contributed by atoms with Gasteiger partial charge in [0.15, 0.2) is 0 Å². The molecule has 4 aromatic rings. The second kappa shape index (κ2) is 12.9. The Kier molecular flexibility index (Phi) is 9.32. The van der Waals surface area contributed by atoms with Crippen LogP contribution in [0.25, 0.3) is 0 Å². The Morgan fingerprint density at radius 1 is 0.897 bits per heavy atom. The third kappa shape index (κ3) is 6.82. The minimum atomic E-state index is -4.05. The van der Waals surface area contributed by atoms with Crippen LogP contribution in [0.5, 0.6) is 5.75 Å². The zero-order valence-corrected chi connectivity index (χ0v) is 23.8. The Labute approximate surface area is 235 Å². The number of amides is 1. The van der Waals surface area contributed by atoms with Gasteiger partial charge in [0.25, 0.3) is 10.0 Å². The van der Waals surface area contributed by atoms with E-state index in [1.807, 2.05) is 74.7 Å². The van der Waals surface area contributed by atoms with Gasteiger partial charge in [0.1, 0.15) is 12.3 Å². The van der Waals surface area contributed by atoms with Crippen molar-refractivity contribution < 1.29 is 17.9 Å². The highest BCUT2D eigenvalue weighted by atomic mass is 32.2. The van der Waals surface area contributed by atoms with E-state index in [2.05, 4.69) is 5.32 Å². The molecule has 8 heteroatoms. The van der Waals surface area contributed by atoms with E-state index in [4.69, 9.17) is 4.74 Å². The van der Waals surface area contributed by atoms with Gasteiger partial charge in [-0.3, -0.25) is 9.10 Å². The summed E-state index contributed by atoms with van der Waals surface area (Å²) in [7, 11) is -4.05. The van der Waals surface area contributed by atoms with Gasteiger partial charge < -0.3 is 10.1 Å². The maximum Gasteiger partial charge on any atom is 0.264 e. The van der Waals surface area contributed by atoms with E-state index < -0.39 is 28.5 Å². The maximum absolute atomic E-state index is 13.9. The smallest absolute Gasteiger partial charge is 0.264 e. The highest BCUT2D eigenvalue weighted by molar-refractivity contribution is 7.98.